The molecule has 0 radical (unpaired) electrons. The molecule has 88 valence electrons. The van der Waals surface area contributed by atoms with Gasteiger partial charge in [0.1, 0.15) is 6.10 Å². The summed E-state index contributed by atoms with van der Waals surface area (Å²) in [7, 11) is 0. The molecule has 1 aromatic rings. The minimum Gasteiger partial charge on any atom is -0.481 e. The maximum atomic E-state index is 10.4. The van der Waals surface area contributed by atoms with E-state index < -0.39 is 5.97 Å². The van der Waals surface area contributed by atoms with Crippen LogP contribution in [0.5, 0.6) is 0 Å². The highest BCUT2D eigenvalue weighted by Crippen LogP contribution is 2.26. The number of aromatic nitrogens is 2. The summed E-state index contributed by atoms with van der Waals surface area (Å²) in [5.74, 6) is 0.0481. The van der Waals surface area contributed by atoms with Crippen LogP contribution in [0.25, 0.3) is 0 Å². The van der Waals surface area contributed by atoms with E-state index >= 15 is 0 Å². The zero-order valence-corrected chi connectivity index (χ0v) is 8.89. The van der Waals surface area contributed by atoms with Gasteiger partial charge in [-0.3, -0.25) is 4.79 Å². The van der Waals surface area contributed by atoms with Crippen LogP contribution >= 0.6 is 0 Å². The molecule has 16 heavy (non-hydrogen) atoms. The van der Waals surface area contributed by atoms with Crippen LogP contribution in [0.2, 0.25) is 0 Å². The first-order valence-electron chi connectivity index (χ1n) is 5.41. The van der Waals surface area contributed by atoms with Crippen molar-refractivity contribution < 1.29 is 19.2 Å². The molecule has 1 N–H and O–H groups in total. The largest absolute Gasteiger partial charge is 0.481 e. The van der Waals surface area contributed by atoms with Crippen molar-refractivity contribution in [2.45, 2.75) is 38.2 Å². The van der Waals surface area contributed by atoms with E-state index in [0.717, 1.165) is 25.9 Å². The van der Waals surface area contributed by atoms with Gasteiger partial charge in [-0.15, -0.1) is 0 Å². The van der Waals surface area contributed by atoms with E-state index in [2.05, 4.69) is 10.1 Å². The second kappa shape index (κ2) is 5.07. The van der Waals surface area contributed by atoms with E-state index in [0.29, 0.717) is 18.1 Å². The van der Waals surface area contributed by atoms with Crippen LogP contribution in [-0.2, 0) is 16.0 Å². The first-order valence-corrected chi connectivity index (χ1v) is 5.41. The van der Waals surface area contributed by atoms with Gasteiger partial charge in [-0.05, 0) is 19.3 Å². The Hall–Kier alpha value is -1.43. The standard InChI is InChI=1S/C10H14N2O4/c13-9(14)5-4-8-11-10(16-12-8)7-3-1-2-6-15-7/h7H,1-6H2,(H,13,14). The van der Waals surface area contributed by atoms with Crippen LogP contribution in [0.15, 0.2) is 4.52 Å². The lowest BCUT2D eigenvalue weighted by Crippen LogP contribution is -2.11. The van der Waals surface area contributed by atoms with E-state index in [1.807, 2.05) is 0 Å². The summed E-state index contributed by atoms with van der Waals surface area (Å²) in [6.45, 7) is 0.720. The Balaban J connectivity index is 1.93. The molecule has 0 spiro atoms. The average Bonchev–Trinajstić information content (AvgIpc) is 2.76. The van der Waals surface area contributed by atoms with Crippen molar-refractivity contribution in [2.75, 3.05) is 6.61 Å². The molecule has 1 aromatic heterocycles. The number of rotatable bonds is 4. The molecule has 6 heteroatoms. The SMILES string of the molecule is O=C(O)CCc1noc(C2CCCCO2)n1. The van der Waals surface area contributed by atoms with Gasteiger partial charge in [0, 0.05) is 13.0 Å². The van der Waals surface area contributed by atoms with E-state index in [1.165, 1.54) is 0 Å². The van der Waals surface area contributed by atoms with Gasteiger partial charge in [-0.2, -0.15) is 4.98 Å². The molecule has 1 fully saturated rings. The fourth-order valence-electron chi connectivity index (χ4n) is 1.65. The molecule has 0 bridgehead atoms. The maximum Gasteiger partial charge on any atom is 0.303 e. The molecule has 0 saturated carbocycles. The second-order valence-corrected chi connectivity index (χ2v) is 3.80. The van der Waals surface area contributed by atoms with Crippen LogP contribution in [0.4, 0.5) is 0 Å². The second-order valence-electron chi connectivity index (χ2n) is 3.80. The number of aryl methyl sites for hydroxylation is 1. The minimum atomic E-state index is -0.861. The Labute approximate surface area is 92.6 Å². The summed E-state index contributed by atoms with van der Waals surface area (Å²) in [5.41, 5.74) is 0. The summed E-state index contributed by atoms with van der Waals surface area (Å²) in [6.07, 6.45) is 3.25. The lowest BCUT2D eigenvalue weighted by Gasteiger charge is -2.18. The predicted octanol–water partition coefficient (Wildman–Crippen LogP) is 1.33. The Kier molecular flexibility index (Phi) is 3.51. The van der Waals surface area contributed by atoms with Crippen molar-refractivity contribution in [1.82, 2.24) is 10.1 Å². The number of nitrogens with zero attached hydrogens (tertiary/aromatic N) is 2. The molecule has 2 heterocycles. The van der Waals surface area contributed by atoms with Crippen LogP contribution < -0.4 is 0 Å². The molecule has 0 aliphatic carbocycles. The fourth-order valence-corrected chi connectivity index (χ4v) is 1.65. The first kappa shape index (κ1) is 11.1. The summed E-state index contributed by atoms with van der Waals surface area (Å²) >= 11 is 0. The van der Waals surface area contributed by atoms with Gasteiger partial charge < -0.3 is 14.4 Å². The third-order valence-corrected chi connectivity index (χ3v) is 2.50. The van der Waals surface area contributed by atoms with Gasteiger partial charge in [0.05, 0.1) is 6.42 Å². The summed E-state index contributed by atoms with van der Waals surface area (Å²) in [4.78, 5) is 14.5. The highest BCUT2D eigenvalue weighted by molar-refractivity contribution is 5.66. The van der Waals surface area contributed by atoms with Gasteiger partial charge in [-0.25, -0.2) is 0 Å². The molecule has 1 saturated heterocycles. The van der Waals surface area contributed by atoms with Crippen molar-refractivity contribution in [3.63, 3.8) is 0 Å². The quantitative estimate of drug-likeness (QED) is 0.833. The van der Waals surface area contributed by atoms with Crippen LogP contribution in [0.3, 0.4) is 0 Å². The van der Waals surface area contributed by atoms with E-state index in [4.69, 9.17) is 14.4 Å². The average molecular weight is 226 g/mol. The Morgan fingerprint density at radius 2 is 2.38 bits per heavy atom. The van der Waals surface area contributed by atoms with Gasteiger partial charge in [0.25, 0.3) is 5.89 Å². The molecular formula is C10H14N2O4. The summed E-state index contributed by atoms with van der Waals surface area (Å²) < 4.78 is 10.5. The zero-order chi connectivity index (χ0) is 11.4. The Morgan fingerprint density at radius 1 is 1.50 bits per heavy atom. The monoisotopic (exact) mass is 226 g/mol. The number of hydrogen-bond donors (Lipinski definition) is 1. The predicted molar refractivity (Wildman–Crippen MR) is 52.8 cm³/mol. The topological polar surface area (TPSA) is 85.5 Å². The smallest absolute Gasteiger partial charge is 0.303 e. The van der Waals surface area contributed by atoms with Crippen molar-refractivity contribution >= 4 is 5.97 Å². The van der Waals surface area contributed by atoms with Crippen LogP contribution in [0, 0.1) is 0 Å². The van der Waals surface area contributed by atoms with Crippen LogP contribution in [-0.4, -0.2) is 27.8 Å². The maximum absolute atomic E-state index is 10.4. The van der Waals surface area contributed by atoms with Gasteiger partial charge in [0.2, 0.25) is 0 Å². The summed E-state index contributed by atoms with van der Waals surface area (Å²) in [6, 6.07) is 0. The van der Waals surface area contributed by atoms with Gasteiger partial charge >= 0.3 is 5.97 Å². The van der Waals surface area contributed by atoms with Gasteiger partial charge in [0.15, 0.2) is 5.82 Å². The highest BCUT2D eigenvalue weighted by atomic mass is 16.5. The Bertz CT molecular complexity index is 357. The Morgan fingerprint density at radius 3 is 3.06 bits per heavy atom. The number of carboxylic acids is 1. The van der Waals surface area contributed by atoms with E-state index in [9.17, 15) is 4.79 Å². The number of ether oxygens (including phenoxy) is 1. The molecule has 2 rings (SSSR count). The van der Waals surface area contributed by atoms with Gasteiger partial charge in [-0.1, -0.05) is 5.16 Å². The lowest BCUT2D eigenvalue weighted by molar-refractivity contribution is -0.137. The van der Waals surface area contributed by atoms with Crippen molar-refractivity contribution in [3.05, 3.63) is 11.7 Å². The van der Waals surface area contributed by atoms with Crippen LogP contribution in [0.1, 0.15) is 43.5 Å². The lowest BCUT2D eigenvalue weighted by atomic mass is 10.1. The zero-order valence-electron chi connectivity index (χ0n) is 8.89. The van der Waals surface area contributed by atoms with E-state index in [-0.39, 0.29) is 12.5 Å². The number of hydrogen-bond acceptors (Lipinski definition) is 5. The fraction of sp³-hybridized carbons (Fsp3) is 0.700. The molecule has 1 atom stereocenters. The molecular weight excluding hydrogens is 212 g/mol. The van der Waals surface area contributed by atoms with Crippen molar-refractivity contribution in [3.8, 4) is 0 Å². The minimum absolute atomic E-state index is 0.0184. The first-order chi connectivity index (χ1) is 7.75. The highest BCUT2D eigenvalue weighted by Gasteiger charge is 2.22. The molecule has 6 nitrogen and oxygen atoms in total. The number of carboxylic acid groups (broad SMARTS) is 1. The number of aliphatic carboxylic acids is 1. The molecule has 1 aliphatic heterocycles. The van der Waals surface area contributed by atoms with Crippen molar-refractivity contribution in [1.29, 1.82) is 0 Å². The molecule has 1 unspecified atom stereocenters. The van der Waals surface area contributed by atoms with E-state index in [1.54, 1.807) is 0 Å². The number of carbonyl (C=O) groups is 1. The molecule has 0 aromatic carbocycles. The normalized spacial score (nSPS) is 20.9. The molecule has 0 amide bonds. The third kappa shape index (κ3) is 2.79. The van der Waals surface area contributed by atoms with Crippen molar-refractivity contribution in [2.24, 2.45) is 0 Å². The molecule has 1 aliphatic rings. The summed E-state index contributed by atoms with van der Waals surface area (Å²) in [5, 5.41) is 12.3. The third-order valence-electron chi connectivity index (χ3n) is 2.50.